The number of carbonyl (C=O) groups excluding carboxylic acids is 2. The quantitative estimate of drug-likeness (QED) is 0.479. The Bertz CT molecular complexity index is 1410. The third kappa shape index (κ3) is 5.80. The van der Waals surface area contributed by atoms with Crippen LogP contribution >= 0.6 is 0 Å². The van der Waals surface area contributed by atoms with Crippen LogP contribution in [0.5, 0.6) is 0 Å². The van der Waals surface area contributed by atoms with Crippen LogP contribution in [-0.2, 0) is 14.6 Å². The van der Waals surface area contributed by atoms with Crippen LogP contribution < -0.4 is 10.2 Å². The SMILES string of the molecule is CC(C)c1ccc(C(=O)N2CCC(S(=O)(=O)c3ccc(NC(=O)C4CN(c5cccnn5)C4)cc3)CC2)cc1. The number of nitrogens with zero attached hydrogens (tertiary/aromatic N) is 4. The molecule has 2 aliphatic heterocycles. The molecule has 0 aliphatic carbocycles. The minimum atomic E-state index is -3.55. The molecule has 2 aromatic carbocycles. The zero-order chi connectivity index (χ0) is 27.6. The van der Waals surface area contributed by atoms with Crippen molar-refractivity contribution >= 4 is 33.2 Å². The third-order valence-electron chi connectivity index (χ3n) is 7.58. The van der Waals surface area contributed by atoms with E-state index in [1.54, 1.807) is 41.4 Å². The average Bonchev–Trinajstić information content (AvgIpc) is 2.93. The van der Waals surface area contributed by atoms with Gasteiger partial charge >= 0.3 is 0 Å². The van der Waals surface area contributed by atoms with E-state index in [1.807, 2.05) is 35.2 Å². The van der Waals surface area contributed by atoms with Gasteiger partial charge in [-0.1, -0.05) is 26.0 Å². The standard InChI is InChI=1S/C29H33N5O4S/c1-20(2)21-5-7-22(8-6-21)29(36)33-16-13-26(14-17-33)39(37,38)25-11-9-24(10-12-25)31-28(35)23-18-34(19-23)27-4-3-15-30-32-27/h3-12,15,20,23,26H,13-14,16-19H2,1-2H3,(H,31,35). The molecule has 204 valence electrons. The Morgan fingerprint density at radius 2 is 1.62 bits per heavy atom. The highest BCUT2D eigenvalue weighted by molar-refractivity contribution is 7.92. The van der Waals surface area contributed by atoms with Crippen molar-refractivity contribution in [3.8, 4) is 0 Å². The van der Waals surface area contributed by atoms with Crippen molar-refractivity contribution in [2.45, 2.75) is 42.8 Å². The summed E-state index contributed by atoms with van der Waals surface area (Å²) in [4.78, 5) is 29.5. The van der Waals surface area contributed by atoms with Gasteiger partial charge in [0.1, 0.15) is 0 Å². The summed E-state index contributed by atoms with van der Waals surface area (Å²) in [5.41, 5.74) is 2.36. The molecule has 0 radical (unpaired) electrons. The number of aromatic nitrogens is 2. The van der Waals surface area contributed by atoms with E-state index >= 15 is 0 Å². The van der Waals surface area contributed by atoms with Gasteiger partial charge in [-0.15, -0.1) is 5.10 Å². The molecule has 3 heterocycles. The summed E-state index contributed by atoms with van der Waals surface area (Å²) in [7, 11) is -3.55. The Hall–Kier alpha value is -3.79. The third-order valence-corrected chi connectivity index (χ3v) is 9.86. The molecule has 2 saturated heterocycles. The van der Waals surface area contributed by atoms with Crippen LogP contribution in [0.4, 0.5) is 11.5 Å². The number of likely N-dealkylation sites (tertiary alicyclic amines) is 1. The zero-order valence-corrected chi connectivity index (χ0v) is 23.0. The molecular formula is C29H33N5O4S. The molecule has 1 N–H and O–H groups in total. The van der Waals surface area contributed by atoms with Crippen LogP contribution in [0.25, 0.3) is 0 Å². The first-order chi connectivity index (χ1) is 18.7. The second-order valence-corrected chi connectivity index (χ2v) is 12.7. The van der Waals surface area contributed by atoms with Crippen LogP contribution in [0, 0.1) is 5.92 Å². The van der Waals surface area contributed by atoms with Crippen molar-refractivity contribution < 1.29 is 18.0 Å². The fraction of sp³-hybridized carbons (Fsp3) is 0.379. The number of benzene rings is 2. The largest absolute Gasteiger partial charge is 0.353 e. The number of sulfone groups is 1. The highest BCUT2D eigenvalue weighted by atomic mass is 32.2. The lowest BCUT2D eigenvalue weighted by atomic mass is 9.99. The summed E-state index contributed by atoms with van der Waals surface area (Å²) in [6.45, 7) is 6.13. The minimum absolute atomic E-state index is 0.0625. The molecule has 0 spiro atoms. The van der Waals surface area contributed by atoms with E-state index in [0.717, 1.165) is 5.82 Å². The van der Waals surface area contributed by atoms with Crippen LogP contribution in [0.15, 0.2) is 71.8 Å². The molecule has 10 heteroatoms. The maximum Gasteiger partial charge on any atom is 0.253 e. The first-order valence-electron chi connectivity index (χ1n) is 13.3. The Morgan fingerprint density at radius 3 is 2.21 bits per heavy atom. The van der Waals surface area contributed by atoms with Gasteiger partial charge in [0.15, 0.2) is 15.7 Å². The fourth-order valence-electron chi connectivity index (χ4n) is 5.02. The summed E-state index contributed by atoms with van der Waals surface area (Å²) in [6.07, 6.45) is 2.39. The van der Waals surface area contributed by atoms with Crippen molar-refractivity contribution in [1.82, 2.24) is 15.1 Å². The lowest BCUT2D eigenvalue weighted by Crippen LogP contribution is -2.52. The monoisotopic (exact) mass is 547 g/mol. The molecule has 0 unspecified atom stereocenters. The van der Waals surface area contributed by atoms with Gasteiger partial charge in [-0.05, 0) is 72.9 Å². The first-order valence-corrected chi connectivity index (χ1v) is 14.8. The molecule has 1 aromatic heterocycles. The number of nitrogens with one attached hydrogen (secondary N) is 1. The van der Waals surface area contributed by atoms with Gasteiger partial charge in [0.2, 0.25) is 5.91 Å². The number of amides is 2. The van der Waals surface area contributed by atoms with E-state index in [-0.39, 0.29) is 22.6 Å². The van der Waals surface area contributed by atoms with E-state index in [1.165, 1.54) is 5.56 Å². The van der Waals surface area contributed by atoms with E-state index in [9.17, 15) is 18.0 Å². The highest BCUT2D eigenvalue weighted by Crippen LogP contribution is 2.28. The maximum atomic E-state index is 13.3. The molecule has 3 aromatic rings. The molecule has 9 nitrogen and oxygen atoms in total. The van der Waals surface area contributed by atoms with Gasteiger partial charge in [0.25, 0.3) is 5.91 Å². The predicted molar refractivity (Wildman–Crippen MR) is 149 cm³/mol. The minimum Gasteiger partial charge on any atom is -0.353 e. The van der Waals surface area contributed by atoms with Crippen LogP contribution in [0.2, 0.25) is 0 Å². The van der Waals surface area contributed by atoms with Crippen molar-refractivity contribution in [2.75, 3.05) is 36.4 Å². The first kappa shape index (κ1) is 26.8. The Kier molecular flexibility index (Phi) is 7.65. The summed E-state index contributed by atoms with van der Waals surface area (Å²) >= 11 is 0. The smallest absolute Gasteiger partial charge is 0.253 e. The molecule has 2 fully saturated rings. The van der Waals surface area contributed by atoms with Crippen molar-refractivity contribution in [3.63, 3.8) is 0 Å². The van der Waals surface area contributed by atoms with Gasteiger partial charge in [0, 0.05) is 43.6 Å². The summed E-state index contributed by atoms with van der Waals surface area (Å²) in [5.74, 6) is 0.794. The second kappa shape index (κ2) is 11.1. The summed E-state index contributed by atoms with van der Waals surface area (Å²) < 4.78 is 26.6. The predicted octanol–water partition coefficient (Wildman–Crippen LogP) is 3.75. The molecule has 0 atom stereocenters. The average molecular weight is 548 g/mol. The van der Waals surface area contributed by atoms with Gasteiger partial charge in [0.05, 0.1) is 16.1 Å². The van der Waals surface area contributed by atoms with Gasteiger partial charge in [-0.25, -0.2) is 8.42 Å². The van der Waals surface area contributed by atoms with Gasteiger partial charge in [-0.3, -0.25) is 9.59 Å². The van der Waals surface area contributed by atoms with E-state index < -0.39 is 15.1 Å². The number of piperidine rings is 1. The Labute approximate surface area is 229 Å². The number of carbonyl (C=O) groups is 2. The molecule has 0 saturated carbocycles. The summed E-state index contributed by atoms with van der Waals surface area (Å²) in [6, 6.07) is 17.7. The number of rotatable bonds is 7. The number of anilines is 2. The highest BCUT2D eigenvalue weighted by Gasteiger charge is 2.35. The van der Waals surface area contributed by atoms with Crippen LogP contribution in [0.3, 0.4) is 0 Å². The zero-order valence-electron chi connectivity index (χ0n) is 22.2. The fourth-order valence-corrected chi connectivity index (χ4v) is 6.75. The van der Waals surface area contributed by atoms with E-state index in [0.29, 0.717) is 56.2 Å². The normalized spacial score (nSPS) is 16.7. The molecule has 2 amide bonds. The van der Waals surface area contributed by atoms with E-state index in [2.05, 4.69) is 29.4 Å². The summed E-state index contributed by atoms with van der Waals surface area (Å²) in [5, 5.41) is 10.2. The van der Waals surface area contributed by atoms with Crippen molar-refractivity contribution in [1.29, 1.82) is 0 Å². The van der Waals surface area contributed by atoms with Crippen LogP contribution in [-0.4, -0.2) is 66.8 Å². The Balaban J connectivity index is 1.13. The number of hydrogen-bond acceptors (Lipinski definition) is 7. The lowest BCUT2D eigenvalue weighted by molar-refractivity contribution is -0.120. The number of hydrogen-bond donors (Lipinski definition) is 1. The lowest BCUT2D eigenvalue weighted by Gasteiger charge is -2.38. The van der Waals surface area contributed by atoms with Gasteiger partial charge in [-0.2, -0.15) is 5.10 Å². The molecular weight excluding hydrogens is 514 g/mol. The topological polar surface area (TPSA) is 113 Å². The Morgan fingerprint density at radius 1 is 0.949 bits per heavy atom. The van der Waals surface area contributed by atoms with E-state index in [4.69, 9.17) is 0 Å². The van der Waals surface area contributed by atoms with Crippen molar-refractivity contribution in [2.24, 2.45) is 5.92 Å². The molecule has 2 aliphatic rings. The van der Waals surface area contributed by atoms with Crippen molar-refractivity contribution in [3.05, 3.63) is 78.0 Å². The second-order valence-electron chi connectivity index (χ2n) is 10.5. The molecule has 5 rings (SSSR count). The van der Waals surface area contributed by atoms with Gasteiger partial charge < -0.3 is 15.1 Å². The van der Waals surface area contributed by atoms with Crippen LogP contribution in [0.1, 0.15) is 48.5 Å². The molecule has 39 heavy (non-hydrogen) atoms. The maximum absolute atomic E-state index is 13.3. The molecule has 0 bridgehead atoms.